The van der Waals surface area contributed by atoms with Gasteiger partial charge in [0.25, 0.3) is 0 Å². The molecule has 1 aliphatic carbocycles. The molecule has 0 amide bonds. The minimum atomic E-state index is 0.268. The van der Waals surface area contributed by atoms with E-state index in [2.05, 4.69) is 33.9 Å². The third-order valence-electron chi connectivity index (χ3n) is 4.68. The van der Waals surface area contributed by atoms with Gasteiger partial charge in [0.15, 0.2) is 0 Å². The summed E-state index contributed by atoms with van der Waals surface area (Å²) in [4.78, 5) is 7.18. The number of aromatic nitrogens is 1. The van der Waals surface area contributed by atoms with Crippen molar-refractivity contribution in [2.45, 2.75) is 44.2 Å². The molecule has 3 aromatic heterocycles. The van der Waals surface area contributed by atoms with Gasteiger partial charge < -0.3 is 11.1 Å². The van der Waals surface area contributed by atoms with E-state index in [4.69, 9.17) is 17.3 Å². The van der Waals surface area contributed by atoms with E-state index in [0.29, 0.717) is 11.1 Å². The highest BCUT2D eigenvalue weighted by atomic mass is 35.5. The maximum atomic E-state index is 6.37. The van der Waals surface area contributed by atoms with Crippen LogP contribution in [0.1, 0.15) is 41.4 Å². The number of hydrogen-bond donors (Lipinski definition) is 2. The topological polar surface area (TPSA) is 50.9 Å². The van der Waals surface area contributed by atoms with Gasteiger partial charge in [-0.2, -0.15) is 0 Å². The minimum absolute atomic E-state index is 0.268. The highest BCUT2D eigenvalue weighted by Gasteiger charge is 2.25. The van der Waals surface area contributed by atoms with Crippen LogP contribution in [0.2, 0.25) is 5.15 Å². The molecule has 3 nitrogen and oxygen atoms in total. The summed E-state index contributed by atoms with van der Waals surface area (Å²) in [5, 5.41) is 6.16. The van der Waals surface area contributed by atoms with Crippen molar-refractivity contribution >= 4 is 50.2 Å². The lowest BCUT2D eigenvalue weighted by atomic mass is 9.84. The maximum absolute atomic E-state index is 6.37. The SMILES string of the molecule is N[C@@H]1CCCC[C@H]1c1cc2nc(Cl)cc(NCc3cccs3)c2s1. The highest BCUT2D eigenvalue weighted by molar-refractivity contribution is 7.19. The number of fused-ring (bicyclic) bond motifs is 1. The van der Waals surface area contributed by atoms with E-state index in [9.17, 15) is 0 Å². The fourth-order valence-electron chi connectivity index (χ4n) is 3.43. The molecule has 0 unspecified atom stereocenters. The number of hydrogen-bond acceptors (Lipinski definition) is 5. The van der Waals surface area contributed by atoms with Crippen LogP contribution in [0.4, 0.5) is 5.69 Å². The molecule has 24 heavy (non-hydrogen) atoms. The molecule has 0 saturated heterocycles. The van der Waals surface area contributed by atoms with Crippen LogP contribution < -0.4 is 11.1 Å². The molecule has 126 valence electrons. The van der Waals surface area contributed by atoms with Crippen molar-refractivity contribution in [1.29, 1.82) is 0 Å². The number of nitrogens with one attached hydrogen (secondary N) is 1. The second kappa shape index (κ2) is 7.00. The zero-order valence-electron chi connectivity index (χ0n) is 13.3. The van der Waals surface area contributed by atoms with Gasteiger partial charge in [0.2, 0.25) is 0 Å². The van der Waals surface area contributed by atoms with Gasteiger partial charge in [0.05, 0.1) is 15.9 Å². The van der Waals surface area contributed by atoms with Crippen LogP contribution in [0.5, 0.6) is 0 Å². The lowest BCUT2D eigenvalue weighted by Gasteiger charge is -2.27. The van der Waals surface area contributed by atoms with Crippen molar-refractivity contribution in [3.63, 3.8) is 0 Å². The fraction of sp³-hybridized carbons (Fsp3) is 0.389. The zero-order valence-corrected chi connectivity index (χ0v) is 15.7. The first-order chi connectivity index (χ1) is 11.7. The minimum Gasteiger partial charge on any atom is -0.379 e. The molecule has 1 fully saturated rings. The van der Waals surface area contributed by atoms with E-state index < -0.39 is 0 Å². The molecular weight excluding hydrogens is 358 g/mol. The van der Waals surface area contributed by atoms with Gasteiger partial charge in [-0.05, 0) is 30.4 Å². The van der Waals surface area contributed by atoms with Crippen molar-refractivity contribution < 1.29 is 0 Å². The lowest BCUT2D eigenvalue weighted by molar-refractivity contribution is 0.389. The van der Waals surface area contributed by atoms with Crippen LogP contribution in [0, 0.1) is 0 Å². The third-order valence-corrected chi connectivity index (χ3v) is 7.04. The smallest absolute Gasteiger partial charge is 0.131 e. The van der Waals surface area contributed by atoms with Crippen LogP contribution in [-0.4, -0.2) is 11.0 Å². The molecule has 6 heteroatoms. The first-order valence-corrected chi connectivity index (χ1v) is 10.4. The van der Waals surface area contributed by atoms with Gasteiger partial charge in [0.1, 0.15) is 5.15 Å². The number of nitrogens with two attached hydrogens (primary N) is 1. The number of halogens is 1. The Morgan fingerprint density at radius 3 is 2.96 bits per heavy atom. The Labute approximate surface area is 154 Å². The largest absolute Gasteiger partial charge is 0.379 e. The van der Waals surface area contributed by atoms with Gasteiger partial charge in [0, 0.05) is 34.3 Å². The molecule has 1 saturated carbocycles. The maximum Gasteiger partial charge on any atom is 0.131 e. The number of anilines is 1. The molecule has 3 heterocycles. The number of nitrogens with zero attached hydrogens (tertiary/aromatic N) is 1. The summed E-state index contributed by atoms with van der Waals surface area (Å²) in [5.74, 6) is 0.460. The Hall–Kier alpha value is -1.14. The predicted molar refractivity (Wildman–Crippen MR) is 105 cm³/mol. The van der Waals surface area contributed by atoms with Gasteiger partial charge >= 0.3 is 0 Å². The molecule has 0 radical (unpaired) electrons. The van der Waals surface area contributed by atoms with E-state index in [1.807, 2.05) is 17.4 Å². The molecule has 1 aliphatic rings. The van der Waals surface area contributed by atoms with E-state index in [-0.39, 0.29) is 6.04 Å². The summed E-state index contributed by atoms with van der Waals surface area (Å²) in [5.41, 5.74) is 8.42. The van der Waals surface area contributed by atoms with Crippen LogP contribution in [-0.2, 0) is 6.54 Å². The summed E-state index contributed by atoms with van der Waals surface area (Å²) in [7, 11) is 0. The number of pyridine rings is 1. The molecule has 3 N–H and O–H groups in total. The summed E-state index contributed by atoms with van der Waals surface area (Å²) in [6, 6.07) is 8.60. The number of thiophene rings is 2. The average molecular weight is 378 g/mol. The number of rotatable bonds is 4. The standard InChI is InChI=1S/C18H20ClN3S2/c19-17-9-14(21-10-11-4-3-7-23-11)18-15(22-17)8-16(24-18)12-5-1-2-6-13(12)20/h3-4,7-9,12-13H,1-2,5-6,10,20H2,(H,21,22)/t12-,13-/m1/s1. The van der Waals surface area contributed by atoms with Crippen molar-refractivity contribution in [2.24, 2.45) is 5.73 Å². The van der Waals surface area contributed by atoms with E-state index >= 15 is 0 Å². The Bertz CT molecular complexity index is 828. The van der Waals surface area contributed by atoms with Crippen molar-refractivity contribution in [3.8, 4) is 0 Å². The van der Waals surface area contributed by atoms with Crippen LogP contribution >= 0.6 is 34.3 Å². The van der Waals surface area contributed by atoms with E-state index in [0.717, 1.165) is 24.2 Å². The molecule has 0 aliphatic heterocycles. The fourth-order valence-corrected chi connectivity index (χ4v) is 5.58. The second-order valence-electron chi connectivity index (χ2n) is 6.34. The summed E-state index contributed by atoms with van der Waals surface area (Å²) < 4.78 is 1.18. The van der Waals surface area contributed by atoms with Gasteiger partial charge in [-0.25, -0.2) is 4.98 Å². The van der Waals surface area contributed by atoms with Crippen LogP contribution in [0.15, 0.2) is 29.6 Å². The monoisotopic (exact) mass is 377 g/mol. The second-order valence-corrected chi connectivity index (χ2v) is 8.85. The molecule has 0 bridgehead atoms. The van der Waals surface area contributed by atoms with Gasteiger partial charge in [-0.15, -0.1) is 22.7 Å². The Morgan fingerprint density at radius 1 is 1.29 bits per heavy atom. The highest BCUT2D eigenvalue weighted by Crippen LogP contribution is 2.41. The Kier molecular flexibility index (Phi) is 4.77. The first kappa shape index (κ1) is 16.3. The quantitative estimate of drug-likeness (QED) is 0.581. The van der Waals surface area contributed by atoms with Gasteiger partial charge in [-0.1, -0.05) is 30.5 Å². The third kappa shape index (κ3) is 3.31. The van der Waals surface area contributed by atoms with E-state index in [1.54, 1.807) is 11.3 Å². The van der Waals surface area contributed by atoms with Crippen molar-refractivity contribution in [2.75, 3.05) is 5.32 Å². The molecule has 0 spiro atoms. The van der Waals surface area contributed by atoms with Crippen molar-refractivity contribution in [1.82, 2.24) is 4.98 Å². The van der Waals surface area contributed by atoms with Gasteiger partial charge in [-0.3, -0.25) is 0 Å². The molecule has 2 atom stereocenters. The van der Waals surface area contributed by atoms with E-state index in [1.165, 1.54) is 33.7 Å². The Balaban J connectivity index is 1.66. The summed E-state index contributed by atoms with van der Waals surface area (Å²) in [6.07, 6.45) is 4.82. The van der Waals surface area contributed by atoms with Crippen LogP contribution in [0.25, 0.3) is 10.2 Å². The molecular formula is C18H20ClN3S2. The molecule has 4 rings (SSSR count). The summed E-state index contributed by atoms with van der Waals surface area (Å²) >= 11 is 9.82. The summed E-state index contributed by atoms with van der Waals surface area (Å²) in [6.45, 7) is 0.809. The normalized spacial score (nSPS) is 21.2. The first-order valence-electron chi connectivity index (χ1n) is 8.32. The average Bonchev–Trinajstić information content (AvgIpc) is 3.22. The lowest BCUT2D eigenvalue weighted by Crippen LogP contribution is -2.30. The van der Waals surface area contributed by atoms with Crippen LogP contribution in [0.3, 0.4) is 0 Å². The molecule has 0 aromatic carbocycles. The van der Waals surface area contributed by atoms with Crippen molar-refractivity contribution in [3.05, 3.63) is 44.6 Å². The zero-order chi connectivity index (χ0) is 16.5. The molecule has 3 aromatic rings. The predicted octanol–water partition coefficient (Wildman–Crippen LogP) is 5.61. The Morgan fingerprint density at radius 2 is 2.17 bits per heavy atom.